The second kappa shape index (κ2) is 8.38. The molecule has 2 heterocycles. The van der Waals surface area contributed by atoms with E-state index < -0.39 is 0 Å². The molecule has 5 nitrogen and oxygen atoms in total. The first-order valence-corrected chi connectivity index (χ1v) is 9.23. The number of piperidine rings is 1. The van der Waals surface area contributed by atoms with Gasteiger partial charge in [0.1, 0.15) is 5.75 Å². The van der Waals surface area contributed by atoms with Crippen molar-refractivity contribution in [1.29, 1.82) is 0 Å². The van der Waals surface area contributed by atoms with E-state index in [2.05, 4.69) is 28.2 Å². The van der Waals surface area contributed by atoms with Crippen molar-refractivity contribution in [2.24, 2.45) is 16.6 Å². The van der Waals surface area contributed by atoms with Crippen molar-refractivity contribution in [2.75, 3.05) is 32.8 Å². The molecule has 0 spiro atoms. The molecule has 1 fully saturated rings. The Labute approximate surface area is 145 Å². The van der Waals surface area contributed by atoms with Crippen molar-refractivity contribution >= 4 is 5.96 Å². The molecule has 2 unspecified atom stereocenters. The Balaban J connectivity index is 1.44. The molecule has 2 atom stereocenters. The van der Waals surface area contributed by atoms with Crippen molar-refractivity contribution in [3.05, 3.63) is 29.8 Å². The molecule has 0 aromatic heterocycles. The number of nitrogens with two attached hydrogens (primary N) is 1. The average Bonchev–Trinajstić information content (AvgIpc) is 2.59. The Hall–Kier alpha value is -1.75. The van der Waals surface area contributed by atoms with Crippen LogP contribution in [-0.2, 0) is 0 Å². The minimum absolute atomic E-state index is 0.196. The molecule has 3 rings (SSSR count). The summed E-state index contributed by atoms with van der Waals surface area (Å²) in [5.74, 6) is 2.33. The zero-order chi connectivity index (χ0) is 16.8. The minimum Gasteiger partial charge on any atom is -0.493 e. The number of benzene rings is 1. The molecular formula is C19H30N4O. The standard InChI is InChI=1S/C19H30N4O/c1-15-6-4-11-23(14-15)12-5-10-21-19(20)22-17-9-13-24-18-8-3-2-7-16(17)18/h2-3,7-8,15,17H,4-6,9-14H2,1H3,(H3,20,21,22). The Morgan fingerprint density at radius 2 is 2.25 bits per heavy atom. The zero-order valence-corrected chi connectivity index (χ0v) is 14.7. The zero-order valence-electron chi connectivity index (χ0n) is 14.7. The maximum atomic E-state index is 6.09. The normalized spacial score (nSPS) is 25.0. The summed E-state index contributed by atoms with van der Waals surface area (Å²) in [4.78, 5) is 7.07. The van der Waals surface area contributed by atoms with Crippen LogP contribution in [0, 0.1) is 5.92 Å². The second-order valence-corrected chi connectivity index (χ2v) is 7.04. The number of hydrogen-bond donors (Lipinski definition) is 2. The largest absolute Gasteiger partial charge is 0.493 e. The van der Waals surface area contributed by atoms with Crippen LogP contribution in [0.4, 0.5) is 0 Å². The maximum absolute atomic E-state index is 6.09. The molecule has 0 radical (unpaired) electrons. The van der Waals surface area contributed by atoms with Crippen LogP contribution in [0.5, 0.6) is 5.75 Å². The van der Waals surface area contributed by atoms with Crippen LogP contribution in [0.2, 0.25) is 0 Å². The number of hydrogen-bond acceptors (Lipinski definition) is 3. The second-order valence-electron chi connectivity index (χ2n) is 7.04. The summed E-state index contributed by atoms with van der Waals surface area (Å²) in [6.45, 7) is 7.44. The highest BCUT2D eigenvalue weighted by molar-refractivity contribution is 5.78. The van der Waals surface area contributed by atoms with Gasteiger partial charge in [0.2, 0.25) is 0 Å². The van der Waals surface area contributed by atoms with Gasteiger partial charge in [-0.25, -0.2) is 0 Å². The molecule has 2 aliphatic rings. The van der Waals surface area contributed by atoms with Gasteiger partial charge in [0.15, 0.2) is 5.96 Å². The smallest absolute Gasteiger partial charge is 0.189 e. The molecule has 2 aliphatic heterocycles. The van der Waals surface area contributed by atoms with E-state index in [-0.39, 0.29) is 6.04 Å². The van der Waals surface area contributed by atoms with Gasteiger partial charge < -0.3 is 20.7 Å². The van der Waals surface area contributed by atoms with E-state index in [1.165, 1.54) is 31.5 Å². The van der Waals surface area contributed by atoms with Crippen LogP contribution < -0.4 is 15.8 Å². The lowest BCUT2D eigenvalue weighted by molar-refractivity contribution is 0.183. The van der Waals surface area contributed by atoms with Crippen LogP contribution >= 0.6 is 0 Å². The van der Waals surface area contributed by atoms with Gasteiger partial charge in [-0.3, -0.25) is 4.99 Å². The topological polar surface area (TPSA) is 62.9 Å². The quantitative estimate of drug-likeness (QED) is 0.495. The fourth-order valence-electron chi connectivity index (χ4n) is 3.70. The SMILES string of the molecule is CC1CCCN(CCCN=C(N)NC2CCOc3ccccc32)C1. The van der Waals surface area contributed by atoms with Crippen molar-refractivity contribution in [2.45, 2.75) is 38.6 Å². The minimum atomic E-state index is 0.196. The summed E-state index contributed by atoms with van der Waals surface area (Å²) >= 11 is 0. The van der Waals surface area contributed by atoms with E-state index >= 15 is 0 Å². The fourth-order valence-corrected chi connectivity index (χ4v) is 3.70. The third kappa shape index (κ3) is 4.63. The van der Waals surface area contributed by atoms with Gasteiger partial charge in [0.25, 0.3) is 0 Å². The number of guanidine groups is 1. The summed E-state index contributed by atoms with van der Waals surface area (Å²) in [6, 6.07) is 8.34. The Morgan fingerprint density at radius 3 is 3.12 bits per heavy atom. The van der Waals surface area contributed by atoms with Gasteiger partial charge in [0, 0.05) is 25.1 Å². The van der Waals surface area contributed by atoms with Crippen molar-refractivity contribution in [3.63, 3.8) is 0 Å². The number of nitrogens with one attached hydrogen (secondary N) is 1. The number of aliphatic imine (C=N–C) groups is 1. The number of nitrogens with zero attached hydrogens (tertiary/aromatic N) is 2. The summed E-state index contributed by atoms with van der Waals surface area (Å²) < 4.78 is 5.68. The molecule has 1 saturated heterocycles. The van der Waals surface area contributed by atoms with Crippen LogP contribution in [0.25, 0.3) is 0 Å². The van der Waals surface area contributed by atoms with Crippen molar-refractivity contribution in [1.82, 2.24) is 10.2 Å². The third-order valence-electron chi connectivity index (χ3n) is 4.94. The van der Waals surface area contributed by atoms with E-state index in [1.54, 1.807) is 0 Å². The summed E-state index contributed by atoms with van der Waals surface area (Å²) in [5.41, 5.74) is 7.26. The molecule has 0 saturated carbocycles. The average molecular weight is 330 g/mol. The van der Waals surface area contributed by atoms with Gasteiger partial charge in [-0.15, -0.1) is 0 Å². The lowest BCUT2D eigenvalue weighted by Crippen LogP contribution is -2.38. The first-order valence-electron chi connectivity index (χ1n) is 9.23. The van der Waals surface area contributed by atoms with Gasteiger partial charge >= 0.3 is 0 Å². The van der Waals surface area contributed by atoms with E-state index in [0.29, 0.717) is 5.96 Å². The van der Waals surface area contributed by atoms with E-state index in [9.17, 15) is 0 Å². The third-order valence-corrected chi connectivity index (χ3v) is 4.94. The molecule has 0 aliphatic carbocycles. The molecule has 0 bridgehead atoms. The van der Waals surface area contributed by atoms with Gasteiger partial charge in [-0.1, -0.05) is 25.1 Å². The highest BCUT2D eigenvalue weighted by atomic mass is 16.5. The lowest BCUT2D eigenvalue weighted by atomic mass is 10.0. The fraction of sp³-hybridized carbons (Fsp3) is 0.632. The lowest BCUT2D eigenvalue weighted by Gasteiger charge is -2.30. The van der Waals surface area contributed by atoms with Crippen LogP contribution in [-0.4, -0.2) is 43.6 Å². The molecule has 3 N–H and O–H groups in total. The summed E-state index contributed by atoms with van der Waals surface area (Å²) in [7, 11) is 0. The monoisotopic (exact) mass is 330 g/mol. The summed E-state index contributed by atoms with van der Waals surface area (Å²) in [5, 5.41) is 3.35. The van der Waals surface area contributed by atoms with Crippen LogP contribution in [0.3, 0.4) is 0 Å². The Bertz CT molecular complexity index is 560. The van der Waals surface area contributed by atoms with Gasteiger partial charge in [-0.05, 0) is 44.3 Å². The molecular weight excluding hydrogens is 300 g/mol. The Morgan fingerprint density at radius 1 is 1.38 bits per heavy atom. The first-order chi connectivity index (χ1) is 11.7. The Kier molecular flexibility index (Phi) is 5.96. The molecule has 5 heteroatoms. The highest BCUT2D eigenvalue weighted by Gasteiger charge is 2.21. The van der Waals surface area contributed by atoms with Crippen LogP contribution in [0.1, 0.15) is 44.2 Å². The molecule has 132 valence electrons. The van der Waals surface area contributed by atoms with Gasteiger partial charge in [-0.2, -0.15) is 0 Å². The predicted molar refractivity (Wildman–Crippen MR) is 98.4 cm³/mol. The number of likely N-dealkylation sites (tertiary alicyclic amines) is 1. The van der Waals surface area contributed by atoms with Gasteiger partial charge in [0.05, 0.1) is 12.6 Å². The molecule has 1 aromatic carbocycles. The first kappa shape index (κ1) is 17.1. The highest BCUT2D eigenvalue weighted by Crippen LogP contribution is 2.31. The van der Waals surface area contributed by atoms with Crippen LogP contribution in [0.15, 0.2) is 29.3 Å². The molecule has 0 amide bonds. The number of ether oxygens (including phenoxy) is 1. The van der Waals surface area contributed by atoms with Crippen molar-refractivity contribution < 1.29 is 4.74 Å². The number of fused-ring (bicyclic) bond motifs is 1. The predicted octanol–water partition coefficient (Wildman–Crippen LogP) is 2.54. The number of rotatable bonds is 5. The summed E-state index contributed by atoms with van der Waals surface area (Å²) in [6.07, 6.45) is 4.69. The molecule has 24 heavy (non-hydrogen) atoms. The van der Waals surface area contributed by atoms with Crippen molar-refractivity contribution in [3.8, 4) is 5.75 Å². The maximum Gasteiger partial charge on any atom is 0.189 e. The van der Waals surface area contributed by atoms with E-state index in [4.69, 9.17) is 10.5 Å². The van der Waals surface area contributed by atoms with E-state index in [0.717, 1.165) is 44.2 Å². The van der Waals surface area contributed by atoms with E-state index in [1.807, 2.05) is 18.2 Å². The molecule has 1 aromatic rings. The number of para-hydroxylation sites is 1.